The van der Waals surface area contributed by atoms with E-state index in [0.717, 1.165) is 101 Å². The molecule has 0 radical (unpaired) electrons. The summed E-state index contributed by atoms with van der Waals surface area (Å²) >= 11 is 0. The molecule has 7 rings (SSSR count). The summed E-state index contributed by atoms with van der Waals surface area (Å²) in [7, 11) is 0. The Hall–Kier alpha value is -0.0400. The third kappa shape index (κ3) is 38.4. The fraction of sp³-hybridized carbons (Fsp3) is 1.00. The maximum Gasteiger partial charge on any atom is 0.0578 e. The Morgan fingerprint density at radius 1 is 0.350 bits per heavy atom. The van der Waals surface area contributed by atoms with E-state index < -0.39 is 0 Å². The van der Waals surface area contributed by atoms with E-state index in [9.17, 15) is 0 Å². The quantitative estimate of drug-likeness (QED) is 0.169. The van der Waals surface area contributed by atoms with Crippen LogP contribution in [0.4, 0.5) is 0 Å². The van der Waals surface area contributed by atoms with Crippen molar-refractivity contribution in [1.82, 2.24) is 0 Å². The molecule has 0 aromatic heterocycles. The van der Waals surface area contributed by atoms with Crippen molar-refractivity contribution in [2.75, 3.05) is 6.61 Å². The molecule has 362 valence electrons. The minimum atomic E-state index is 0.588. The van der Waals surface area contributed by atoms with Crippen LogP contribution in [0.5, 0.6) is 0 Å². The van der Waals surface area contributed by atoms with Gasteiger partial charge in [0.25, 0.3) is 0 Å². The molecule has 6 saturated carbocycles. The topological polar surface area (TPSA) is 9.23 Å². The normalized spacial score (nSPS) is 21.2. The standard InChI is InChI=1S/C10H18.C9H18.C8H16O.C8H16.C7H14.C6H12.C6H14.C5H12/c1-7(2)10(8-3-4-8)9-5-6-9;1-8(2)7-9-5-3-4-6-9;1-7(2)6-8-4-3-5-9-8;1-7(2)6-8-4-3-5-8;1-6(2)5-7-3-4-7;1-5(2)6-3-4-6;1-5(2)6(3)4;1-4-5(2)3/h7-10H,3-6H2,1-2H3;8-9H,3-7H2,1-2H3;7-8H,3-6H2,1-2H3;7-8H,3-6H2,1-2H3;6-7H,3-5H2,1-2H3;5-6H,3-4H2,1-2H3;5-6H,1-4H3;5H,4H2,1-3H3. The first kappa shape index (κ1) is 60.0. The summed E-state index contributed by atoms with van der Waals surface area (Å²) in [4.78, 5) is 0. The van der Waals surface area contributed by atoms with Gasteiger partial charge in [0.1, 0.15) is 0 Å². The minimum Gasteiger partial charge on any atom is -0.378 e. The van der Waals surface area contributed by atoms with Crippen LogP contribution in [0.3, 0.4) is 0 Å². The van der Waals surface area contributed by atoms with Gasteiger partial charge in [0.15, 0.2) is 0 Å². The highest BCUT2D eigenvalue weighted by molar-refractivity contribution is 4.92. The van der Waals surface area contributed by atoms with E-state index in [1.54, 1.807) is 25.7 Å². The highest BCUT2D eigenvalue weighted by atomic mass is 16.5. The molecule has 0 bridgehead atoms. The highest BCUT2D eigenvalue weighted by Gasteiger charge is 2.42. The van der Waals surface area contributed by atoms with Crippen molar-refractivity contribution < 1.29 is 4.74 Å². The molecule has 1 unspecified atom stereocenters. The van der Waals surface area contributed by atoms with Crippen molar-refractivity contribution in [3.63, 3.8) is 0 Å². The van der Waals surface area contributed by atoms with Gasteiger partial charge in [-0.05, 0) is 172 Å². The first-order valence-corrected chi connectivity index (χ1v) is 27.8. The van der Waals surface area contributed by atoms with Crippen LogP contribution in [0, 0.1) is 94.7 Å². The van der Waals surface area contributed by atoms with Gasteiger partial charge in [-0.15, -0.1) is 0 Å². The Balaban J connectivity index is 0.000000670. The molecule has 7 aliphatic rings. The predicted octanol–water partition coefficient (Wildman–Crippen LogP) is 20.2. The number of hydrogen-bond acceptors (Lipinski definition) is 1. The van der Waals surface area contributed by atoms with Crippen molar-refractivity contribution in [2.24, 2.45) is 94.7 Å². The van der Waals surface area contributed by atoms with E-state index in [1.165, 1.54) is 116 Å². The summed E-state index contributed by atoms with van der Waals surface area (Å²) < 4.78 is 5.46. The average molecular weight is 846 g/mol. The van der Waals surface area contributed by atoms with Crippen LogP contribution < -0.4 is 0 Å². The molecule has 0 spiro atoms. The average Bonchev–Trinajstić information content (AvgIpc) is 3.92. The van der Waals surface area contributed by atoms with Gasteiger partial charge in [-0.1, -0.05) is 196 Å². The first-order chi connectivity index (χ1) is 28.2. The Bertz CT molecular complexity index is 841. The second kappa shape index (κ2) is 35.2. The van der Waals surface area contributed by atoms with Gasteiger partial charge >= 0.3 is 0 Å². The molecule has 1 saturated heterocycles. The molecule has 60 heavy (non-hydrogen) atoms. The van der Waals surface area contributed by atoms with Gasteiger partial charge < -0.3 is 4.74 Å². The second-order valence-electron chi connectivity index (χ2n) is 24.9. The molecule has 0 N–H and O–H groups in total. The molecular weight excluding hydrogens is 725 g/mol. The van der Waals surface area contributed by atoms with Crippen LogP contribution in [0.25, 0.3) is 0 Å². The molecule has 1 atom stereocenters. The third-order valence-corrected chi connectivity index (χ3v) is 14.4. The summed E-state index contributed by atoms with van der Waals surface area (Å²) in [6, 6.07) is 0. The first-order valence-electron chi connectivity index (χ1n) is 27.8. The monoisotopic (exact) mass is 845 g/mol. The Kier molecular flexibility index (Phi) is 35.2. The van der Waals surface area contributed by atoms with Gasteiger partial charge in [0, 0.05) is 6.61 Å². The van der Waals surface area contributed by atoms with Crippen LogP contribution in [-0.2, 0) is 4.74 Å². The summed E-state index contributed by atoms with van der Waals surface area (Å²) in [5.41, 5.74) is 0. The van der Waals surface area contributed by atoms with Crippen LogP contribution in [0.2, 0.25) is 0 Å². The number of rotatable bonds is 14. The molecule has 1 heterocycles. The van der Waals surface area contributed by atoms with Crippen molar-refractivity contribution in [3.05, 3.63) is 0 Å². The lowest BCUT2D eigenvalue weighted by Gasteiger charge is -2.26. The minimum absolute atomic E-state index is 0.588. The van der Waals surface area contributed by atoms with Crippen LogP contribution in [-0.4, -0.2) is 12.7 Å². The lowest BCUT2D eigenvalue weighted by Crippen LogP contribution is -2.12. The van der Waals surface area contributed by atoms with Gasteiger partial charge in [0.05, 0.1) is 6.10 Å². The summed E-state index contributed by atoms with van der Waals surface area (Å²) in [6.45, 7) is 44.4. The molecule has 0 amide bonds. The molecule has 0 aromatic rings. The SMILES string of the molecule is CC(C)C(C)C.CC(C)C(C1CC1)C1CC1.CC(C)C1CC1.CC(C)CC1CC1.CC(C)CC1CCC1.CC(C)CC1CCCC1.CC(C)CC1CCCO1.CCC(C)C. The van der Waals surface area contributed by atoms with E-state index in [2.05, 4.69) is 132 Å². The second-order valence-corrected chi connectivity index (χ2v) is 24.9. The van der Waals surface area contributed by atoms with Crippen LogP contribution in [0.1, 0.15) is 273 Å². The highest BCUT2D eigenvalue weighted by Crippen LogP contribution is 2.52. The van der Waals surface area contributed by atoms with E-state index in [0.29, 0.717) is 6.10 Å². The molecule has 1 aliphatic heterocycles. The fourth-order valence-corrected chi connectivity index (χ4v) is 8.88. The lowest BCUT2D eigenvalue weighted by molar-refractivity contribution is 0.0939. The van der Waals surface area contributed by atoms with Crippen LogP contribution in [0.15, 0.2) is 0 Å². The molecular formula is C59H120O. The molecule has 1 heteroatoms. The molecule has 1 nitrogen and oxygen atoms in total. The number of ether oxygens (including phenoxy) is 1. The number of hydrogen-bond donors (Lipinski definition) is 0. The smallest absolute Gasteiger partial charge is 0.0578 e. The summed E-state index contributed by atoms with van der Waals surface area (Å²) in [6.07, 6.45) is 32.8. The van der Waals surface area contributed by atoms with E-state index in [1.807, 2.05) is 0 Å². The Morgan fingerprint density at radius 3 is 0.883 bits per heavy atom. The molecule has 6 aliphatic carbocycles. The zero-order valence-electron chi connectivity index (χ0n) is 45.5. The maximum atomic E-state index is 5.46. The third-order valence-electron chi connectivity index (χ3n) is 14.4. The van der Waals surface area contributed by atoms with Crippen LogP contribution >= 0.6 is 0 Å². The summed E-state index contributed by atoms with van der Waals surface area (Å²) in [5, 5.41) is 0. The maximum absolute atomic E-state index is 5.46. The van der Waals surface area contributed by atoms with Crippen molar-refractivity contribution >= 4 is 0 Å². The van der Waals surface area contributed by atoms with E-state index >= 15 is 0 Å². The fourth-order valence-electron chi connectivity index (χ4n) is 8.88. The predicted molar refractivity (Wildman–Crippen MR) is 275 cm³/mol. The Morgan fingerprint density at radius 2 is 0.700 bits per heavy atom. The van der Waals surface area contributed by atoms with Crippen molar-refractivity contribution in [2.45, 2.75) is 279 Å². The van der Waals surface area contributed by atoms with Crippen molar-refractivity contribution in [3.8, 4) is 0 Å². The van der Waals surface area contributed by atoms with E-state index in [4.69, 9.17) is 4.74 Å². The van der Waals surface area contributed by atoms with Gasteiger partial charge in [-0.2, -0.15) is 0 Å². The molecule has 7 fully saturated rings. The lowest BCUT2D eigenvalue weighted by atomic mass is 9.80. The van der Waals surface area contributed by atoms with Gasteiger partial charge in [-0.3, -0.25) is 0 Å². The van der Waals surface area contributed by atoms with Gasteiger partial charge in [-0.25, -0.2) is 0 Å². The van der Waals surface area contributed by atoms with Gasteiger partial charge in [0.2, 0.25) is 0 Å². The van der Waals surface area contributed by atoms with Crippen molar-refractivity contribution in [1.29, 1.82) is 0 Å². The largest absolute Gasteiger partial charge is 0.378 e. The zero-order valence-corrected chi connectivity index (χ0v) is 45.5. The Labute approximate surface area is 383 Å². The van der Waals surface area contributed by atoms with E-state index in [-0.39, 0.29) is 0 Å². The zero-order chi connectivity index (χ0) is 45.8. The summed E-state index contributed by atoms with van der Waals surface area (Å²) in [5.74, 6) is 15.9. The molecule has 0 aromatic carbocycles.